The highest BCUT2D eigenvalue weighted by Gasteiger charge is 2.31. The van der Waals surface area contributed by atoms with E-state index in [2.05, 4.69) is 39.8 Å². The summed E-state index contributed by atoms with van der Waals surface area (Å²) in [6, 6.07) is 14.2. The summed E-state index contributed by atoms with van der Waals surface area (Å²) in [7, 11) is 0. The fraction of sp³-hybridized carbons (Fsp3) is 0.455. The van der Waals surface area contributed by atoms with Crippen molar-refractivity contribution >= 4 is 17.5 Å². The number of para-hydroxylation sites is 1. The molecule has 0 bridgehead atoms. The van der Waals surface area contributed by atoms with Crippen LogP contribution in [0.2, 0.25) is 0 Å². The van der Waals surface area contributed by atoms with Crippen molar-refractivity contribution in [1.82, 2.24) is 10.6 Å². The Hall–Kier alpha value is -2.80. The molecule has 3 rings (SSSR count). The molecule has 1 aromatic heterocycles. The van der Waals surface area contributed by atoms with Crippen LogP contribution in [0.5, 0.6) is 0 Å². The van der Waals surface area contributed by atoms with Crippen LogP contribution in [-0.2, 0) is 9.59 Å². The van der Waals surface area contributed by atoms with E-state index in [1.165, 1.54) is 10.6 Å². The van der Waals surface area contributed by atoms with Crippen molar-refractivity contribution in [3.63, 3.8) is 0 Å². The van der Waals surface area contributed by atoms with E-state index in [4.69, 9.17) is 4.42 Å². The molecule has 1 atom stereocenters. The molecular formula is C22H31N4O3+. The lowest BCUT2D eigenvalue weighted by molar-refractivity contribution is -0.932. The van der Waals surface area contributed by atoms with E-state index in [1.54, 1.807) is 6.26 Å². The SMILES string of the molecule is CCCCNC(=O)C(=O)NC[C@@H](c1ccco1)[NH+]1CCN(c2ccccc2)CC1. The molecule has 1 aliphatic rings. The van der Waals surface area contributed by atoms with Gasteiger partial charge in [0.05, 0.1) is 39.0 Å². The maximum absolute atomic E-state index is 12.2. The molecule has 3 N–H and O–H groups in total. The summed E-state index contributed by atoms with van der Waals surface area (Å²) in [5.41, 5.74) is 1.23. The van der Waals surface area contributed by atoms with Crippen LogP contribution >= 0.6 is 0 Å². The molecule has 7 heteroatoms. The number of hydrogen-bond acceptors (Lipinski definition) is 4. The van der Waals surface area contributed by atoms with E-state index < -0.39 is 11.8 Å². The van der Waals surface area contributed by atoms with Gasteiger partial charge in [-0.05, 0) is 30.7 Å². The first-order valence-corrected chi connectivity index (χ1v) is 10.4. The third-order valence-electron chi connectivity index (χ3n) is 5.40. The minimum absolute atomic E-state index is 0.0182. The van der Waals surface area contributed by atoms with E-state index >= 15 is 0 Å². The molecule has 156 valence electrons. The Kier molecular flexibility index (Phi) is 7.69. The van der Waals surface area contributed by atoms with Crippen molar-refractivity contribution < 1.29 is 18.9 Å². The Morgan fingerprint density at radius 2 is 1.79 bits per heavy atom. The number of nitrogens with zero attached hydrogens (tertiary/aromatic N) is 1. The fourth-order valence-corrected chi connectivity index (χ4v) is 3.71. The molecule has 2 amide bonds. The third kappa shape index (κ3) is 5.84. The van der Waals surface area contributed by atoms with Gasteiger partial charge in [-0.2, -0.15) is 0 Å². The predicted molar refractivity (Wildman–Crippen MR) is 112 cm³/mol. The number of unbranched alkanes of at least 4 members (excludes halogenated alkanes) is 1. The van der Waals surface area contributed by atoms with Crippen LogP contribution in [0, 0.1) is 0 Å². The molecule has 2 heterocycles. The van der Waals surface area contributed by atoms with Crippen molar-refractivity contribution in [3.05, 3.63) is 54.5 Å². The first kappa shape index (κ1) is 20.9. The molecule has 2 aromatic rings. The number of benzene rings is 1. The molecule has 1 saturated heterocycles. The van der Waals surface area contributed by atoms with E-state index in [9.17, 15) is 9.59 Å². The monoisotopic (exact) mass is 399 g/mol. The van der Waals surface area contributed by atoms with Crippen LogP contribution in [0.3, 0.4) is 0 Å². The quantitative estimate of drug-likeness (QED) is 0.452. The van der Waals surface area contributed by atoms with E-state index in [0.29, 0.717) is 13.1 Å². The summed E-state index contributed by atoms with van der Waals surface area (Å²) >= 11 is 0. The molecule has 1 aromatic carbocycles. The second-order valence-electron chi connectivity index (χ2n) is 7.37. The van der Waals surface area contributed by atoms with Gasteiger partial charge < -0.3 is 24.9 Å². The fourth-order valence-electron chi connectivity index (χ4n) is 3.71. The number of piperazine rings is 1. The molecule has 1 fully saturated rings. The Labute approximate surface area is 172 Å². The molecule has 7 nitrogen and oxygen atoms in total. The van der Waals surface area contributed by atoms with Crippen LogP contribution < -0.4 is 20.4 Å². The Morgan fingerprint density at radius 3 is 2.45 bits per heavy atom. The first-order chi connectivity index (χ1) is 14.2. The van der Waals surface area contributed by atoms with Crippen molar-refractivity contribution in [2.45, 2.75) is 25.8 Å². The number of carbonyl (C=O) groups excluding carboxylic acids is 2. The average Bonchev–Trinajstić information content (AvgIpc) is 3.29. The average molecular weight is 400 g/mol. The zero-order valence-corrected chi connectivity index (χ0v) is 17.0. The molecule has 0 saturated carbocycles. The number of rotatable bonds is 8. The van der Waals surface area contributed by atoms with Crippen LogP contribution in [0.4, 0.5) is 5.69 Å². The molecule has 0 unspecified atom stereocenters. The summed E-state index contributed by atoms with van der Waals surface area (Å²) in [6.45, 7) is 6.66. The van der Waals surface area contributed by atoms with E-state index in [1.807, 2.05) is 25.1 Å². The highest BCUT2D eigenvalue weighted by molar-refractivity contribution is 6.35. The van der Waals surface area contributed by atoms with Crippen LogP contribution in [0.1, 0.15) is 31.6 Å². The molecule has 0 radical (unpaired) electrons. The summed E-state index contributed by atoms with van der Waals surface area (Å²) in [5, 5.41) is 5.45. The molecule has 0 spiro atoms. The zero-order valence-electron chi connectivity index (χ0n) is 17.0. The van der Waals surface area contributed by atoms with Gasteiger partial charge in [0.2, 0.25) is 0 Å². The van der Waals surface area contributed by atoms with Crippen LogP contribution in [0.15, 0.2) is 53.1 Å². The number of quaternary nitrogens is 1. The number of hydrogen-bond donors (Lipinski definition) is 3. The maximum Gasteiger partial charge on any atom is 0.309 e. The Bertz CT molecular complexity index is 756. The lowest BCUT2D eigenvalue weighted by atomic mass is 10.1. The summed E-state index contributed by atoms with van der Waals surface area (Å²) in [6.07, 6.45) is 3.49. The van der Waals surface area contributed by atoms with Gasteiger partial charge in [0.1, 0.15) is 0 Å². The summed E-state index contributed by atoms with van der Waals surface area (Å²) in [4.78, 5) is 27.8. The van der Waals surface area contributed by atoms with Crippen LogP contribution in [-0.4, -0.2) is 51.1 Å². The van der Waals surface area contributed by atoms with Gasteiger partial charge in [0.25, 0.3) is 0 Å². The minimum Gasteiger partial charge on any atom is -0.463 e. The number of carbonyl (C=O) groups is 2. The van der Waals surface area contributed by atoms with Gasteiger partial charge in [-0.3, -0.25) is 9.59 Å². The second-order valence-corrected chi connectivity index (χ2v) is 7.37. The highest BCUT2D eigenvalue weighted by Crippen LogP contribution is 2.14. The normalized spacial score (nSPS) is 15.7. The molecule has 29 heavy (non-hydrogen) atoms. The van der Waals surface area contributed by atoms with Crippen LogP contribution in [0.25, 0.3) is 0 Å². The summed E-state index contributed by atoms with van der Waals surface area (Å²) in [5.74, 6) is -0.319. The number of anilines is 1. The number of furan rings is 1. The maximum atomic E-state index is 12.2. The Balaban J connectivity index is 1.56. The Morgan fingerprint density at radius 1 is 1.07 bits per heavy atom. The van der Waals surface area contributed by atoms with Gasteiger partial charge in [-0.1, -0.05) is 31.5 Å². The topological polar surface area (TPSA) is 79.0 Å². The van der Waals surface area contributed by atoms with Gasteiger partial charge in [0.15, 0.2) is 11.8 Å². The second kappa shape index (κ2) is 10.7. The summed E-state index contributed by atoms with van der Waals surface area (Å²) < 4.78 is 5.65. The smallest absolute Gasteiger partial charge is 0.309 e. The lowest BCUT2D eigenvalue weighted by Gasteiger charge is -2.37. The standard InChI is InChI=1S/C22H30N4O3/c1-2-3-11-23-21(27)22(28)24-17-19(20-10-7-16-29-20)26-14-12-25(13-15-26)18-8-5-4-6-9-18/h4-10,16,19H,2-3,11-15,17H2,1H3,(H,23,27)(H,24,28)/p+1/t19-/m0/s1. The van der Waals surface area contributed by atoms with E-state index in [-0.39, 0.29) is 6.04 Å². The van der Waals surface area contributed by atoms with E-state index in [0.717, 1.165) is 44.8 Å². The third-order valence-corrected chi connectivity index (χ3v) is 5.40. The lowest BCUT2D eigenvalue weighted by Crippen LogP contribution is -3.15. The molecule has 0 aliphatic carbocycles. The molecule has 1 aliphatic heterocycles. The largest absolute Gasteiger partial charge is 0.463 e. The van der Waals surface area contributed by atoms with Crippen molar-refractivity contribution in [3.8, 4) is 0 Å². The van der Waals surface area contributed by atoms with Crippen molar-refractivity contribution in [1.29, 1.82) is 0 Å². The highest BCUT2D eigenvalue weighted by atomic mass is 16.3. The zero-order chi connectivity index (χ0) is 20.5. The molecular weight excluding hydrogens is 368 g/mol. The van der Waals surface area contributed by atoms with Crippen molar-refractivity contribution in [2.75, 3.05) is 44.2 Å². The number of amides is 2. The minimum atomic E-state index is -0.583. The van der Waals surface area contributed by atoms with Gasteiger partial charge in [0, 0.05) is 12.2 Å². The number of nitrogens with one attached hydrogen (secondary N) is 3. The van der Waals surface area contributed by atoms with Crippen molar-refractivity contribution in [2.24, 2.45) is 0 Å². The first-order valence-electron chi connectivity index (χ1n) is 10.4. The van der Waals surface area contributed by atoms with Gasteiger partial charge in [-0.25, -0.2) is 0 Å². The van der Waals surface area contributed by atoms with Gasteiger partial charge >= 0.3 is 11.8 Å². The van der Waals surface area contributed by atoms with Gasteiger partial charge in [-0.15, -0.1) is 0 Å². The predicted octanol–water partition coefficient (Wildman–Crippen LogP) is 0.758.